The van der Waals surface area contributed by atoms with Crippen LogP contribution in [0.2, 0.25) is 0 Å². The molecule has 0 aliphatic carbocycles. The number of aryl methyl sites for hydroxylation is 3. The molecule has 0 bridgehead atoms. The van der Waals surface area contributed by atoms with Gasteiger partial charge in [-0.3, -0.25) is 0 Å². The second-order valence-corrected chi connectivity index (χ2v) is 4.74. The molecule has 0 amide bonds. The van der Waals surface area contributed by atoms with Gasteiger partial charge in [0.15, 0.2) is 0 Å². The molecule has 0 heterocycles. The Labute approximate surface area is 111 Å². The quantitative estimate of drug-likeness (QED) is 0.700. The fourth-order valence-electron chi connectivity index (χ4n) is 2.45. The van der Waals surface area contributed by atoms with Gasteiger partial charge in [-0.15, -0.1) is 0 Å². The van der Waals surface area contributed by atoms with E-state index in [1.54, 1.807) is 0 Å². The fourth-order valence-corrected chi connectivity index (χ4v) is 2.45. The minimum Gasteiger partial charge on any atom is -0.0614 e. The molecule has 0 heteroatoms. The van der Waals surface area contributed by atoms with Crippen LogP contribution in [0.5, 0.6) is 0 Å². The highest BCUT2D eigenvalue weighted by Gasteiger charge is 2.03. The van der Waals surface area contributed by atoms with E-state index in [4.69, 9.17) is 0 Å². The molecule has 94 valence electrons. The van der Waals surface area contributed by atoms with Gasteiger partial charge in [-0.1, -0.05) is 63.2 Å². The summed E-state index contributed by atoms with van der Waals surface area (Å²) in [4.78, 5) is 0. The van der Waals surface area contributed by atoms with Crippen molar-refractivity contribution in [2.45, 2.75) is 40.0 Å². The van der Waals surface area contributed by atoms with E-state index in [1.165, 1.54) is 27.8 Å². The summed E-state index contributed by atoms with van der Waals surface area (Å²) in [7, 11) is 0. The molecule has 2 rings (SSSR count). The second-order valence-electron chi connectivity index (χ2n) is 4.74. The van der Waals surface area contributed by atoms with Gasteiger partial charge in [-0.25, -0.2) is 0 Å². The lowest BCUT2D eigenvalue weighted by molar-refractivity contribution is 1.04. The zero-order valence-electron chi connectivity index (χ0n) is 11.7. The van der Waals surface area contributed by atoms with E-state index in [0.717, 1.165) is 19.3 Å². The second kappa shape index (κ2) is 5.86. The molecule has 0 aliphatic heterocycles. The lowest BCUT2D eigenvalue weighted by Gasteiger charge is -2.10. The fraction of sp³-hybridized carbons (Fsp3) is 0.333. The summed E-state index contributed by atoms with van der Waals surface area (Å²) in [6, 6.07) is 15.8. The molecule has 0 atom stereocenters. The maximum atomic E-state index is 2.35. The molecule has 0 saturated heterocycles. The van der Waals surface area contributed by atoms with Gasteiger partial charge in [0.2, 0.25) is 0 Å². The van der Waals surface area contributed by atoms with Crippen molar-refractivity contribution in [1.29, 1.82) is 0 Å². The van der Waals surface area contributed by atoms with Crippen LogP contribution in [0, 0.1) is 0 Å². The smallest absolute Gasteiger partial charge is 0.0181 e. The predicted octanol–water partition coefficient (Wildman–Crippen LogP) is 5.04. The molecule has 0 nitrogen and oxygen atoms in total. The molecule has 0 saturated carbocycles. The van der Waals surface area contributed by atoms with Gasteiger partial charge in [0, 0.05) is 0 Å². The summed E-state index contributed by atoms with van der Waals surface area (Å²) in [5.41, 5.74) is 7.06. The van der Waals surface area contributed by atoms with Crippen LogP contribution in [0.25, 0.3) is 11.1 Å². The number of rotatable bonds is 4. The summed E-state index contributed by atoms with van der Waals surface area (Å²) in [6.07, 6.45) is 3.34. The van der Waals surface area contributed by atoms with E-state index >= 15 is 0 Å². The van der Waals surface area contributed by atoms with E-state index < -0.39 is 0 Å². The van der Waals surface area contributed by atoms with Crippen molar-refractivity contribution >= 4 is 0 Å². The van der Waals surface area contributed by atoms with Crippen LogP contribution in [0.4, 0.5) is 0 Å². The van der Waals surface area contributed by atoms with Crippen LogP contribution in [-0.4, -0.2) is 0 Å². The maximum absolute atomic E-state index is 2.35. The average Bonchev–Trinajstić information content (AvgIpc) is 2.46. The molecule has 0 aromatic heterocycles. The molecular formula is C18H22. The maximum Gasteiger partial charge on any atom is -0.0181 e. The van der Waals surface area contributed by atoms with Gasteiger partial charge in [-0.2, -0.15) is 0 Å². The van der Waals surface area contributed by atoms with Gasteiger partial charge < -0.3 is 0 Å². The number of benzene rings is 2. The van der Waals surface area contributed by atoms with Crippen LogP contribution in [-0.2, 0) is 19.3 Å². The normalized spacial score (nSPS) is 10.6. The van der Waals surface area contributed by atoms with Crippen LogP contribution in [0.3, 0.4) is 0 Å². The summed E-state index contributed by atoms with van der Waals surface area (Å²) in [6.45, 7) is 6.67. The lowest BCUT2D eigenvalue weighted by atomic mass is 9.95. The Bertz CT molecular complexity index is 523. The largest absolute Gasteiger partial charge is 0.0614 e. The molecular weight excluding hydrogens is 216 g/mol. The Morgan fingerprint density at radius 1 is 0.667 bits per heavy atom. The van der Waals surface area contributed by atoms with E-state index in [0.29, 0.717) is 0 Å². The van der Waals surface area contributed by atoms with E-state index in [9.17, 15) is 0 Å². The summed E-state index contributed by atoms with van der Waals surface area (Å²) < 4.78 is 0. The molecule has 0 unspecified atom stereocenters. The highest BCUT2D eigenvalue weighted by atomic mass is 14.1. The minimum atomic E-state index is 1.10. The predicted molar refractivity (Wildman–Crippen MR) is 80.0 cm³/mol. The lowest BCUT2D eigenvalue weighted by Crippen LogP contribution is -1.92. The third-order valence-electron chi connectivity index (χ3n) is 3.64. The summed E-state index contributed by atoms with van der Waals surface area (Å²) in [5, 5.41) is 0. The SMILES string of the molecule is CCc1cccc(-c2ccc(CC)c(CC)c2)c1. The van der Waals surface area contributed by atoms with Crippen LogP contribution < -0.4 is 0 Å². The van der Waals surface area contributed by atoms with Crippen molar-refractivity contribution in [3.63, 3.8) is 0 Å². The van der Waals surface area contributed by atoms with E-state index in [1.807, 2.05) is 0 Å². The van der Waals surface area contributed by atoms with Crippen molar-refractivity contribution in [3.05, 3.63) is 59.2 Å². The third-order valence-corrected chi connectivity index (χ3v) is 3.64. The summed E-state index contributed by atoms with van der Waals surface area (Å²) in [5.74, 6) is 0. The van der Waals surface area contributed by atoms with Crippen molar-refractivity contribution in [2.24, 2.45) is 0 Å². The average molecular weight is 238 g/mol. The van der Waals surface area contributed by atoms with Crippen molar-refractivity contribution in [1.82, 2.24) is 0 Å². The highest BCUT2D eigenvalue weighted by Crippen LogP contribution is 2.24. The first-order valence-electron chi connectivity index (χ1n) is 6.99. The Kier molecular flexibility index (Phi) is 4.19. The van der Waals surface area contributed by atoms with Crippen LogP contribution in [0.1, 0.15) is 37.5 Å². The highest BCUT2D eigenvalue weighted by molar-refractivity contribution is 5.65. The molecule has 2 aromatic rings. The Hall–Kier alpha value is -1.56. The number of hydrogen-bond acceptors (Lipinski definition) is 0. The van der Waals surface area contributed by atoms with Gasteiger partial charge in [0.1, 0.15) is 0 Å². The van der Waals surface area contributed by atoms with Gasteiger partial charge in [0.05, 0.1) is 0 Å². The Morgan fingerprint density at radius 3 is 2.06 bits per heavy atom. The Morgan fingerprint density at radius 2 is 1.39 bits per heavy atom. The molecule has 0 aliphatic rings. The van der Waals surface area contributed by atoms with Crippen molar-refractivity contribution < 1.29 is 0 Å². The monoisotopic (exact) mass is 238 g/mol. The Balaban J connectivity index is 2.43. The van der Waals surface area contributed by atoms with E-state index in [-0.39, 0.29) is 0 Å². The summed E-state index contributed by atoms with van der Waals surface area (Å²) >= 11 is 0. The topological polar surface area (TPSA) is 0 Å². The molecule has 0 spiro atoms. The zero-order chi connectivity index (χ0) is 13.0. The third kappa shape index (κ3) is 2.64. The van der Waals surface area contributed by atoms with Crippen molar-refractivity contribution in [3.8, 4) is 11.1 Å². The van der Waals surface area contributed by atoms with Crippen molar-refractivity contribution in [2.75, 3.05) is 0 Å². The molecule has 2 aromatic carbocycles. The van der Waals surface area contributed by atoms with Gasteiger partial charge >= 0.3 is 0 Å². The van der Waals surface area contributed by atoms with Gasteiger partial charge in [-0.05, 0) is 47.1 Å². The zero-order valence-corrected chi connectivity index (χ0v) is 11.7. The molecule has 18 heavy (non-hydrogen) atoms. The first-order chi connectivity index (χ1) is 8.78. The van der Waals surface area contributed by atoms with E-state index in [2.05, 4.69) is 63.2 Å². The molecule has 0 fully saturated rings. The molecule has 0 N–H and O–H groups in total. The van der Waals surface area contributed by atoms with Crippen LogP contribution in [0.15, 0.2) is 42.5 Å². The molecule has 0 radical (unpaired) electrons. The minimum absolute atomic E-state index is 1.10. The van der Waals surface area contributed by atoms with Gasteiger partial charge in [0.25, 0.3) is 0 Å². The first kappa shape index (κ1) is 12.9. The van der Waals surface area contributed by atoms with Crippen LogP contribution >= 0.6 is 0 Å². The first-order valence-corrected chi connectivity index (χ1v) is 6.99. The standard InChI is InChI=1S/C18H22/c1-4-14-8-7-9-17(12-14)18-11-10-15(5-2)16(6-3)13-18/h7-13H,4-6H2,1-3H3. The number of hydrogen-bond donors (Lipinski definition) is 0.